The Labute approximate surface area is 167 Å². The van der Waals surface area contributed by atoms with E-state index in [0.29, 0.717) is 18.4 Å². The van der Waals surface area contributed by atoms with Crippen molar-refractivity contribution >= 4 is 11.9 Å². The molecule has 29 heavy (non-hydrogen) atoms. The summed E-state index contributed by atoms with van der Waals surface area (Å²) < 4.78 is 45.4. The average Bonchev–Trinajstić information content (AvgIpc) is 3.17. The molecule has 1 atom stereocenters. The molecule has 0 saturated heterocycles. The maximum absolute atomic E-state index is 13.8. The third-order valence-corrected chi connectivity index (χ3v) is 5.39. The third kappa shape index (κ3) is 4.60. The van der Waals surface area contributed by atoms with Crippen LogP contribution in [-0.4, -0.2) is 18.5 Å². The van der Waals surface area contributed by atoms with E-state index in [1.807, 2.05) is 0 Å². The first-order valence-corrected chi connectivity index (χ1v) is 9.49. The second-order valence-electron chi connectivity index (χ2n) is 7.33. The van der Waals surface area contributed by atoms with Gasteiger partial charge in [0, 0.05) is 11.6 Å². The summed E-state index contributed by atoms with van der Waals surface area (Å²) in [5.74, 6) is -2.99. The highest BCUT2D eigenvalue weighted by Gasteiger charge is 2.44. The van der Waals surface area contributed by atoms with Crippen LogP contribution in [0, 0.1) is 17.5 Å². The molecular weight excluding hydrogens is 383 g/mol. The van der Waals surface area contributed by atoms with Crippen LogP contribution in [0.1, 0.15) is 49.8 Å². The van der Waals surface area contributed by atoms with Gasteiger partial charge in [0.15, 0.2) is 6.61 Å². The number of carbonyl (C=O) groups excluding carboxylic acids is 2. The number of hydrogen-bond acceptors (Lipinski definition) is 3. The zero-order valence-corrected chi connectivity index (χ0v) is 16.0. The highest BCUT2D eigenvalue weighted by Crippen LogP contribution is 2.42. The van der Waals surface area contributed by atoms with E-state index in [1.165, 1.54) is 18.2 Å². The zero-order chi connectivity index (χ0) is 21.0. The smallest absolute Gasteiger partial charge is 0.317 e. The molecule has 154 valence electrons. The molecule has 1 fully saturated rings. The Bertz CT molecular complexity index is 893. The molecule has 3 rings (SSSR count). The van der Waals surface area contributed by atoms with Crippen molar-refractivity contribution in [1.82, 2.24) is 5.32 Å². The van der Waals surface area contributed by atoms with Gasteiger partial charge in [0.05, 0.1) is 11.5 Å². The van der Waals surface area contributed by atoms with E-state index in [-0.39, 0.29) is 5.56 Å². The van der Waals surface area contributed by atoms with Crippen molar-refractivity contribution in [1.29, 1.82) is 0 Å². The van der Waals surface area contributed by atoms with Crippen molar-refractivity contribution in [3.05, 3.63) is 71.0 Å². The standard InChI is InChI=1S/C22H22F3NO3/c1-14(18-9-8-17(24)12-19(18)25)26-20(27)13-29-21(28)22(10-2-3-11-22)15-4-6-16(23)7-5-15/h4-9,12,14H,2-3,10-11,13H2,1H3,(H,26,27)/t14-/m1/s1. The number of carbonyl (C=O) groups is 2. The van der Waals surface area contributed by atoms with Gasteiger partial charge in [-0.2, -0.15) is 0 Å². The van der Waals surface area contributed by atoms with Gasteiger partial charge in [-0.3, -0.25) is 9.59 Å². The molecular formula is C22H22F3NO3. The van der Waals surface area contributed by atoms with E-state index in [0.717, 1.165) is 25.0 Å². The third-order valence-electron chi connectivity index (χ3n) is 5.39. The molecule has 0 heterocycles. The molecule has 7 heteroatoms. The molecule has 2 aromatic carbocycles. The van der Waals surface area contributed by atoms with Gasteiger partial charge in [-0.1, -0.05) is 31.0 Å². The molecule has 2 aromatic rings. The largest absolute Gasteiger partial charge is 0.455 e. The number of ether oxygens (including phenoxy) is 1. The summed E-state index contributed by atoms with van der Waals surface area (Å²) in [6.45, 7) is 1.03. The summed E-state index contributed by atoms with van der Waals surface area (Å²) in [6, 6.07) is 8.12. The van der Waals surface area contributed by atoms with Crippen molar-refractivity contribution < 1.29 is 27.5 Å². The minimum Gasteiger partial charge on any atom is -0.455 e. The first-order chi connectivity index (χ1) is 13.8. The maximum Gasteiger partial charge on any atom is 0.317 e. The molecule has 0 bridgehead atoms. The molecule has 1 N–H and O–H groups in total. The Kier molecular flexibility index (Phi) is 6.25. The predicted molar refractivity (Wildman–Crippen MR) is 100 cm³/mol. The summed E-state index contributed by atoms with van der Waals surface area (Å²) in [5.41, 5.74) is -0.0870. The molecule has 0 aliphatic heterocycles. The Morgan fingerprint density at radius 1 is 1.03 bits per heavy atom. The van der Waals surface area contributed by atoms with Crippen LogP contribution in [0.15, 0.2) is 42.5 Å². The summed E-state index contributed by atoms with van der Waals surface area (Å²) >= 11 is 0. The van der Waals surface area contributed by atoms with Crippen molar-refractivity contribution in [2.75, 3.05) is 6.61 Å². The van der Waals surface area contributed by atoms with Gasteiger partial charge < -0.3 is 10.1 Å². The highest BCUT2D eigenvalue weighted by molar-refractivity contribution is 5.86. The fraction of sp³-hybridized carbons (Fsp3) is 0.364. The quantitative estimate of drug-likeness (QED) is 0.728. The fourth-order valence-electron chi connectivity index (χ4n) is 3.84. The summed E-state index contributed by atoms with van der Waals surface area (Å²) in [6.07, 6.45) is 2.80. The van der Waals surface area contributed by atoms with E-state index in [9.17, 15) is 22.8 Å². The Morgan fingerprint density at radius 3 is 2.28 bits per heavy atom. The first-order valence-electron chi connectivity index (χ1n) is 9.49. The van der Waals surface area contributed by atoms with Crippen LogP contribution in [0.5, 0.6) is 0 Å². The van der Waals surface area contributed by atoms with E-state index in [1.54, 1.807) is 19.1 Å². The maximum atomic E-state index is 13.8. The molecule has 0 radical (unpaired) electrons. The van der Waals surface area contributed by atoms with E-state index < -0.39 is 47.4 Å². The monoisotopic (exact) mass is 405 g/mol. The molecule has 4 nitrogen and oxygen atoms in total. The summed E-state index contributed by atoms with van der Waals surface area (Å²) in [5, 5.41) is 2.53. The number of rotatable bonds is 6. The average molecular weight is 405 g/mol. The molecule has 0 spiro atoms. The first kappa shape index (κ1) is 20.9. The van der Waals surface area contributed by atoms with Crippen LogP contribution in [0.2, 0.25) is 0 Å². The number of hydrogen-bond donors (Lipinski definition) is 1. The molecule has 0 unspecified atom stereocenters. The number of nitrogens with one attached hydrogen (secondary N) is 1. The van der Waals surface area contributed by atoms with Gasteiger partial charge in [0.1, 0.15) is 17.5 Å². The van der Waals surface area contributed by atoms with Crippen LogP contribution in [-0.2, 0) is 19.7 Å². The lowest BCUT2D eigenvalue weighted by atomic mass is 9.79. The van der Waals surface area contributed by atoms with Gasteiger partial charge >= 0.3 is 5.97 Å². The number of esters is 1. The molecule has 1 saturated carbocycles. The second-order valence-corrected chi connectivity index (χ2v) is 7.33. The lowest BCUT2D eigenvalue weighted by molar-refractivity contribution is -0.154. The van der Waals surface area contributed by atoms with Gasteiger partial charge in [0.25, 0.3) is 5.91 Å². The minimum absolute atomic E-state index is 0.129. The fourth-order valence-corrected chi connectivity index (χ4v) is 3.84. The van der Waals surface area contributed by atoms with Crippen LogP contribution in [0.25, 0.3) is 0 Å². The lowest BCUT2D eigenvalue weighted by Gasteiger charge is -2.27. The van der Waals surface area contributed by atoms with Crippen LogP contribution >= 0.6 is 0 Å². The summed E-state index contributed by atoms with van der Waals surface area (Å²) in [4.78, 5) is 25.0. The Morgan fingerprint density at radius 2 is 1.66 bits per heavy atom. The topological polar surface area (TPSA) is 55.4 Å². The number of amides is 1. The summed E-state index contributed by atoms with van der Waals surface area (Å²) in [7, 11) is 0. The van der Waals surface area contributed by atoms with Crippen molar-refractivity contribution in [2.45, 2.75) is 44.1 Å². The van der Waals surface area contributed by atoms with Gasteiger partial charge in [-0.25, -0.2) is 13.2 Å². The van der Waals surface area contributed by atoms with Crippen LogP contribution in [0.4, 0.5) is 13.2 Å². The SMILES string of the molecule is C[C@@H](NC(=O)COC(=O)C1(c2ccc(F)cc2)CCCC1)c1ccc(F)cc1F. The van der Waals surface area contributed by atoms with Crippen molar-refractivity contribution in [3.8, 4) is 0 Å². The number of halogens is 3. The number of benzene rings is 2. The lowest BCUT2D eigenvalue weighted by Crippen LogP contribution is -2.38. The molecule has 1 aliphatic rings. The Hall–Kier alpha value is -2.83. The van der Waals surface area contributed by atoms with Gasteiger partial charge in [-0.15, -0.1) is 0 Å². The normalized spacial score (nSPS) is 16.3. The van der Waals surface area contributed by atoms with E-state index in [4.69, 9.17) is 4.74 Å². The van der Waals surface area contributed by atoms with Gasteiger partial charge in [0.2, 0.25) is 0 Å². The van der Waals surface area contributed by atoms with Crippen LogP contribution in [0.3, 0.4) is 0 Å². The zero-order valence-electron chi connectivity index (χ0n) is 16.0. The van der Waals surface area contributed by atoms with Crippen molar-refractivity contribution in [3.63, 3.8) is 0 Å². The van der Waals surface area contributed by atoms with Crippen LogP contribution < -0.4 is 5.32 Å². The van der Waals surface area contributed by atoms with Crippen molar-refractivity contribution in [2.24, 2.45) is 0 Å². The minimum atomic E-state index is -0.886. The Balaban J connectivity index is 1.62. The molecule has 1 aliphatic carbocycles. The van der Waals surface area contributed by atoms with E-state index in [2.05, 4.69) is 5.32 Å². The molecule has 1 amide bonds. The highest BCUT2D eigenvalue weighted by atomic mass is 19.1. The van der Waals surface area contributed by atoms with Gasteiger partial charge in [-0.05, 0) is 43.5 Å². The second kappa shape index (κ2) is 8.68. The van der Waals surface area contributed by atoms with E-state index >= 15 is 0 Å². The molecule has 0 aromatic heterocycles. The predicted octanol–water partition coefficient (Wildman–Crippen LogP) is 4.34.